The highest BCUT2D eigenvalue weighted by atomic mass is 32.2. The molecular formula is C16H17N5O5S. The highest BCUT2D eigenvalue weighted by Gasteiger charge is 2.27. The van der Waals surface area contributed by atoms with Crippen molar-refractivity contribution in [2.75, 3.05) is 0 Å². The minimum atomic E-state index is -4.04. The van der Waals surface area contributed by atoms with Crippen molar-refractivity contribution < 1.29 is 13.2 Å². The maximum absolute atomic E-state index is 12.9. The van der Waals surface area contributed by atoms with Gasteiger partial charge >= 0.3 is 5.69 Å². The Morgan fingerprint density at radius 1 is 1.07 bits per heavy atom. The first-order chi connectivity index (χ1) is 12.6. The minimum Gasteiger partial charge on any atom is -0.366 e. The Hall–Kier alpha value is -3.21. The number of primary amides is 1. The molecule has 3 rings (SSSR count). The van der Waals surface area contributed by atoms with Crippen molar-refractivity contribution in [3.05, 3.63) is 56.2 Å². The van der Waals surface area contributed by atoms with Gasteiger partial charge in [0.15, 0.2) is 11.2 Å². The van der Waals surface area contributed by atoms with Crippen LogP contribution in [-0.4, -0.2) is 33.0 Å². The van der Waals surface area contributed by atoms with Crippen LogP contribution in [0.5, 0.6) is 0 Å². The molecule has 1 aromatic carbocycles. The Bertz CT molecular complexity index is 1310. The number of sulfone groups is 1. The first-order valence-corrected chi connectivity index (χ1v) is 9.44. The number of benzene rings is 1. The Balaban J connectivity index is 2.24. The molecule has 2 heterocycles. The molecule has 0 aliphatic rings. The van der Waals surface area contributed by atoms with Crippen LogP contribution in [0, 0.1) is 0 Å². The van der Waals surface area contributed by atoms with Crippen LogP contribution < -0.4 is 17.0 Å². The summed E-state index contributed by atoms with van der Waals surface area (Å²) in [6, 6.07) is 6.08. The smallest absolute Gasteiger partial charge is 0.332 e. The van der Waals surface area contributed by atoms with Gasteiger partial charge in [-0.3, -0.25) is 18.7 Å². The molecule has 0 atom stereocenters. The molecule has 0 unspecified atom stereocenters. The average molecular weight is 391 g/mol. The van der Waals surface area contributed by atoms with Gasteiger partial charge in [-0.2, -0.15) is 4.98 Å². The van der Waals surface area contributed by atoms with E-state index in [-0.39, 0.29) is 27.4 Å². The molecule has 0 spiro atoms. The van der Waals surface area contributed by atoms with Gasteiger partial charge < -0.3 is 10.3 Å². The fourth-order valence-electron chi connectivity index (χ4n) is 2.93. The second-order valence-electron chi connectivity index (χ2n) is 6.11. The zero-order valence-corrected chi connectivity index (χ0v) is 15.6. The molecule has 3 aromatic rings. The standard InChI is InChI=1S/C16H17N5O5S/c1-19-11-13(20(2)16(24)21(3)14(11)23)18-15(19)27(25,26)8-9-6-4-5-7-10(9)12(17)22/h4-7H,8H2,1-3H3,(H2,17,22). The predicted molar refractivity (Wildman–Crippen MR) is 97.0 cm³/mol. The van der Waals surface area contributed by atoms with Crippen LogP contribution in [0.25, 0.3) is 11.2 Å². The van der Waals surface area contributed by atoms with E-state index in [0.29, 0.717) is 0 Å². The predicted octanol–water partition coefficient (Wildman–Crippen LogP) is -0.956. The Labute approximate surface area is 153 Å². The fourth-order valence-corrected chi connectivity index (χ4v) is 4.46. The highest BCUT2D eigenvalue weighted by Crippen LogP contribution is 2.20. The molecule has 0 bridgehead atoms. The van der Waals surface area contributed by atoms with E-state index in [1.807, 2.05) is 0 Å². The van der Waals surface area contributed by atoms with Crippen molar-refractivity contribution in [2.45, 2.75) is 10.9 Å². The quantitative estimate of drug-likeness (QED) is 0.608. The van der Waals surface area contributed by atoms with E-state index in [0.717, 1.165) is 13.7 Å². The van der Waals surface area contributed by atoms with Gasteiger partial charge in [0.05, 0.1) is 5.75 Å². The van der Waals surface area contributed by atoms with E-state index >= 15 is 0 Å². The second kappa shape index (κ2) is 6.20. The molecule has 27 heavy (non-hydrogen) atoms. The fraction of sp³-hybridized carbons (Fsp3) is 0.250. The summed E-state index contributed by atoms with van der Waals surface area (Å²) in [5.41, 5.74) is 4.29. The maximum Gasteiger partial charge on any atom is 0.332 e. The third kappa shape index (κ3) is 2.85. The molecule has 0 radical (unpaired) electrons. The van der Waals surface area contributed by atoms with Gasteiger partial charge in [0.2, 0.25) is 20.9 Å². The molecule has 2 N–H and O–H groups in total. The minimum absolute atomic E-state index is 0.0126. The number of hydrogen-bond donors (Lipinski definition) is 1. The van der Waals surface area contributed by atoms with Gasteiger partial charge in [0.1, 0.15) is 0 Å². The van der Waals surface area contributed by atoms with Crippen LogP contribution in [-0.2, 0) is 36.7 Å². The van der Waals surface area contributed by atoms with Crippen molar-refractivity contribution in [1.82, 2.24) is 18.7 Å². The average Bonchev–Trinajstić information content (AvgIpc) is 2.96. The third-order valence-electron chi connectivity index (χ3n) is 4.34. The second-order valence-corrected chi connectivity index (χ2v) is 8.00. The van der Waals surface area contributed by atoms with E-state index in [1.54, 1.807) is 12.1 Å². The number of nitrogens with zero attached hydrogens (tertiary/aromatic N) is 4. The highest BCUT2D eigenvalue weighted by molar-refractivity contribution is 7.90. The molecule has 0 saturated heterocycles. The van der Waals surface area contributed by atoms with Crippen molar-refractivity contribution >= 4 is 26.9 Å². The lowest BCUT2D eigenvalue weighted by Gasteiger charge is -2.08. The number of nitrogens with two attached hydrogens (primary N) is 1. The van der Waals surface area contributed by atoms with Crippen LogP contribution in [0.1, 0.15) is 15.9 Å². The van der Waals surface area contributed by atoms with Gasteiger partial charge in [-0.15, -0.1) is 0 Å². The molecule has 1 amide bonds. The number of fused-ring (bicyclic) bond motifs is 1. The van der Waals surface area contributed by atoms with Crippen LogP contribution >= 0.6 is 0 Å². The Kier molecular flexibility index (Phi) is 4.26. The zero-order valence-electron chi connectivity index (χ0n) is 14.8. The summed E-state index contributed by atoms with van der Waals surface area (Å²) >= 11 is 0. The SMILES string of the molecule is Cn1c(=O)c2c(nc(S(=O)(=O)Cc3ccccc3C(N)=O)n2C)n(C)c1=O. The number of imidazole rings is 1. The van der Waals surface area contributed by atoms with E-state index in [2.05, 4.69) is 4.98 Å². The zero-order chi connectivity index (χ0) is 20.1. The summed E-state index contributed by atoms with van der Waals surface area (Å²) in [5.74, 6) is -1.28. The van der Waals surface area contributed by atoms with Crippen molar-refractivity contribution in [1.29, 1.82) is 0 Å². The van der Waals surface area contributed by atoms with E-state index in [4.69, 9.17) is 5.73 Å². The Morgan fingerprint density at radius 2 is 1.70 bits per heavy atom. The van der Waals surface area contributed by atoms with Crippen molar-refractivity contribution in [3.8, 4) is 0 Å². The molecular weight excluding hydrogens is 374 g/mol. The van der Waals surface area contributed by atoms with Crippen molar-refractivity contribution in [2.24, 2.45) is 26.9 Å². The van der Waals surface area contributed by atoms with E-state index < -0.39 is 32.7 Å². The normalized spacial score (nSPS) is 11.8. The number of carbonyl (C=O) groups excluding carboxylic acids is 1. The maximum atomic E-state index is 12.9. The van der Waals surface area contributed by atoms with Gasteiger partial charge in [-0.25, -0.2) is 13.2 Å². The van der Waals surface area contributed by atoms with Gasteiger partial charge in [-0.05, 0) is 11.6 Å². The number of aromatic nitrogens is 4. The molecule has 0 fully saturated rings. The first-order valence-electron chi connectivity index (χ1n) is 7.79. The summed E-state index contributed by atoms with van der Waals surface area (Å²) in [6.45, 7) is 0. The van der Waals surface area contributed by atoms with Crippen LogP contribution in [0.15, 0.2) is 39.0 Å². The van der Waals surface area contributed by atoms with Crippen LogP contribution in [0.2, 0.25) is 0 Å². The number of aryl methyl sites for hydroxylation is 2. The summed E-state index contributed by atoms with van der Waals surface area (Å²) in [7, 11) is 0.0412. The molecule has 0 saturated carbocycles. The number of rotatable bonds is 4. The molecule has 0 aliphatic carbocycles. The third-order valence-corrected chi connectivity index (χ3v) is 5.95. The summed E-state index contributed by atoms with van der Waals surface area (Å²) in [4.78, 5) is 40.0. The lowest BCUT2D eigenvalue weighted by atomic mass is 10.1. The number of carbonyl (C=O) groups is 1. The number of hydrogen-bond acceptors (Lipinski definition) is 6. The summed E-state index contributed by atoms with van der Waals surface area (Å²) < 4.78 is 29.0. The molecule has 0 aliphatic heterocycles. The van der Waals surface area contributed by atoms with Crippen LogP contribution in [0.4, 0.5) is 0 Å². The topological polar surface area (TPSA) is 139 Å². The van der Waals surface area contributed by atoms with Gasteiger partial charge in [0.25, 0.3) is 5.56 Å². The number of amides is 1. The van der Waals surface area contributed by atoms with Gasteiger partial charge in [-0.1, -0.05) is 18.2 Å². The summed E-state index contributed by atoms with van der Waals surface area (Å²) in [6.07, 6.45) is 0. The molecule has 142 valence electrons. The lowest BCUT2D eigenvalue weighted by Crippen LogP contribution is -2.37. The van der Waals surface area contributed by atoms with E-state index in [9.17, 15) is 22.8 Å². The Morgan fingerprint density at radius 3 is 2.33 bits per heavy atom. The first kappa shape index (κ1) is 18.6. The van der Waals surface area contributed by atoms with E-state index in [1.165, 1.54) is 33.3 Å². The van der Waals surface area contributed by atoms with Crippen LogP contribution in [0.3, 0.4) is 0 Å². The summed E-state index contributed by atoms with van der Waals surface area (Å²) in [5, 5.41) is -0.380. The monoisotopic (exact) mass is 391 g/mol. The molecule has 2 aromatic heterocycles. The van der Waals surface area contributed by atoms with Crippen molar-refractivity contribution in [3.63, 3.8) is 0 Å². The molecule has 11 heteroatoms. The van der Waals surface area contributed by atoms with Gasteiger partial charge in [0, 0.05) is 26.7 Å². The lowest BCUT2D eigenvalue weighted by molar-refractivity contribution is 0.0999. The molecule has 10 nitrogen and oxygen atoms in total. The largest absolute Gasteiger partial charge is 0.366 e.